The van der Waals surface area contributed by atoms with E-state index < -0.39 is 11.0 Å². The van der Waals surface area contributed by atoms with E-state index in [1.165, 1.54) is 18.2 Å². The van der Waals surface area contributed by atoms with Gasteiger partial charge in [-0.3, -0.25) is 14.9 Å². The number of amides is 1. The Bertz CT molecular complexity index is 716. The highest BCUT2D eigenvalue weighted by Gasteiger charge is 2.14. The Labute approximate surface area is 139 Å². The number of nitro groups is 1. The molecule has 7 heteroatoms. The van der Waals surface area contributed by atoms with E-state index in [1.807, 2.05) is 31.2 Å². The number of nitro benzene ring substituents is 1. The lowest BCUT2D eigenvalue weighted by Crippen LogP contribution is -2.31. The zero-order valence-electron chi connectivity index (χ0n) is 13.5. The Hall–Kier alpha value is -3.09. The van der Waals surface area contributed by atoms with Gasteiger partial charge in [0.15, 0.2) is 0 Å². The summed E-state index contributed by atoms with van der Waals surface area (Å²) in [6.45, 7) is 4.21. The van der Waals surface area contributed by atoms with Gasteiger partial charge in [0.25, 0.3) is 5.69 Å². The Morgan fingerprint density at radius 1 is 1.21 bits per heavy atom. The first kappa shape index (κ1) is 17.3. The molecule has 2 N–H and O–H groups in total. The van der Waals surface area contributed by atoms with Gasteiger partial charge in [0, 0.05) is 23.5 Å². The van der Waals surface area contributed by atoms with Crippen LogP contribution in [0.4, 0.5) is 17.1 Å². The highest BCUT2D eigenvalue weighted by Crippen LogP contribution is 2.19. The number of rotatable bonds is 7. The van der Waals surface area contributed by atoms with Crippen LogP contribution < -0.4 is 15.4 Å². The third kappa shape index (κ3) is 4.70. The average molecular weight is 329 g/mol. The van der Waals surface area contributed by atoms with Gasteiger partial charge in [-0.15, -0.1) is 0 Å². The second-order valence-electron chi connectivity index (χ2n) is 5.12. The van der Waals surface area contributed by atoms with E-state index in [9.17, 15) is 14.9 Å². The molecular formula is C17H19N3O4. The number of carbonyl (C=O) groups is 1. The molecule has 7 nitrogen and oxygen atoms in total. The molecule has 1 unspecified atom stereocenters. The molecule has 2 aromatic rings. The third-order valence-electron chi connectivity index (χ3n) is 3.27. The Balaban J connectivity index is 1.96. The van der Waals surface area contributed by atoms with Gasteiger partial charge in [-0.05, 0) is 44.2 Å². The summed E-state index contributed by atoms with van der Waals surface area (Å²) in [7, 11) is 0. The van der Waals surface area contributed by atoms with Crippen LogP contribution in [0.15, 0.2) is 48.5 Å². The lowest BCUT2D eigenvalue weighted by Gasteiger charge is -2.15. The molecule has 0 heterocycles. The number of nitrogens with one attached hydrogen (secondary N) is 2. The lowest BCUT2D eigenvalue weighted by atomic mass is 10.2. The SMILES string of the molecule is CCOc1ccc(NC(C)C(=O)Nc2cccc([N+](=O)[O-])c2)cc1. The van der Waals surface area contributed by atoms with E-state index in [0.29, 0.717) is 12.3 Å². The van der Waals surface area contributed by atoms with Crippen LogP contribution in [0.25, 0.3) is 0 Å². The van der Waals surface area contributed by atoms with E-state index in [-0.39, 0.29) is 11.6 Å². The third-order valence-corrected chi connectivity index (χ3v) is 3.27. The van der Waals surface area contributed by atoms with Gasteiger partial charge in [-0.1, -0.05) is 6.07 Å². The molecule has 0 aromatic heterocycles. The number of hydrogen-bond donors (Lipinski definition) is 2. The minimum absolute atomic E-state index is 0.0695. The zero-order valence-corrected chi connectivity index (χ0v) is 13.5. The highest BCUT2D eigenvalue weighted by molar-refractivity contribution is 5.96. The molecular weight excluding hydrogens is 310 g/mol. The van der Waals surface area contributed by atoms with E-state index in [2.05, 4.69) is 10.6 Å². The number of anilines is 2. The smallest absolute Gasteiger partial charge is 0.271 e. The molecule has 0 saturated carbocycles. The minimum atomic E-state index is -0.512. The monoisotopic (exact) mass is 329 g/mol. The molecule has 0 aliphatic carbocycles. The quantitative estimate of drug-likeness (QED) is 0.599. The van der Waals surface area contributed by atoms with Crippen LogP contribution in [0.1, 0.15) is 13.8 Å². The maximum atomic E-state index is 12.2. The van der Waals surface area contributed by atoms with Gasteiger partial charge in [-0.25, -0.2) is 0 Å². The lowest BCUT2D eigenvalue weighted by molar-refractivity contribution is -0.384. The topological polar surface area (TPSA) is 93.5 Å². The summed E-state index contributed by atoms with van der Waals surface area (Å²) < 4.78 is 5.36. The van der Waals surface area contributed by atoms with Crippen molar-refractivity contribution in [3.8, 4) is 5.75 Å². The fourth-order valence-electron chi connectivity index (χ4n) is 2.08. The largest absolute Gasteiger partial charge is 0.494 e. The molecule has 0 saturated heterocycles. The summed E-state index contributed by atoms with van der Waals surface area (Å²) in [4.78, 5) is 22.5. The number of benzene rings is 2. The summed E-state index contributed by atoms with van der Waals surface area (Å²) in [6.07, 6.45) is 0. The van der Waals surface area contributed by atoms with Gasteiger partial charge >= 0.3 is 0 Å². The van der Waals surface area contributed by atoms with Crippen molar-refractivity contribution >= 4 is 23.0 Å². The first-order valence-corrected chi connectivity index (χ1v) is 7.54. The number of ether oxygens (including phenoxy) is 1. The van der Waals surface area contributed by atoms with Crippen molar-refractivity contribution in [1.29, 1.82) is 0 Å². The van der Waals surface area contributed by atoms with Crippen molar-refractivity contribution in [3.05, 3.63) is 58.6 Å². The summed E-state index contributed by atoms with van der Waals surface area (Å²) in [5.41, 5.74) is 1.09. The standard InChI is InChI=1S/C17H19N3O4/c1-3-24-16-9-7-13(8-10-16)18-12(2)17(21)19-14-5-4-6-15(11-14)20(22)23/h4-12,18H,3H2,1-2H3,(H,19,21). The van der Waals surface area contributed by atoms with E-state index in [4.69, 9.17) is 4.74 Å². The van der Waals surface area contributed by atoms with Crippen molar-refractivity contribution < 1.29 is 14.5 Å². The van der Waals surface area contributed by atoms with Crippen molar-refractivity contribution in [2.75, 3.05) is 17.2 Å². The second kappa shape index (κ2) is 7.96. The van der Waals surface area contributed by atoms with Crippen LogP contribution >= 0.6 is 0 Å². The van der Waals surface area contributed by atoms with E-state index in [1.54, 1.807) is 13.0 Å². The number of hydrogen-bond acceptors (Lipinski definition) is 5. The Kier molecular flexibility index (Phi) is 5.73. The zero-order chi connectivity index (χ0) is 17.5. The molecule has 0 aliphatic heterocycles. The fraction of sp³-hybridized carbons (Fsp3) is 0.235. The summed E-state index contributed by atoms with van der Waals surface area (Å²) >= 11 is 0. The predicted molar refractivity (Wildman–Crippen MR) is 92.4 cm³/mol. The molecule has 0 spiro atoms. The molecule has 1 atom stereocenters. The maximum Gasteiger partial charge on any atom is 0.271 e. The van der Waals surface area contributed by atoms with Gasteiger partial charge in [-0.2, -0.15) is 0 Å². The number of non-ortho nitro benzene ring substituents is 1. The van der Waals surface area contributed by atoms with Crippen LogP contribution in [0.5, 0.6) is 5.75 Å². The van der Waals surface area contributed by atoms with Crippen LogP contribution in [0, 0.1) is 10.1 Å². The normalized spacial score (nSPS) is 11.4. The van der Waals surface area contributed by atoms with Gasteiger partial charge in [0.05, 0.1) is 11.5 Å². The first-order valence-electron chi connectivity index (χ1n) is 7.54. The van der Waals surface area contributed by atoms with Crippen molar-refractivity contribution in [2.24, 2.45) is 0 Å². The average Bonchev–Trinajstić information content (AvgIpc) is 2.57. The molecule has 24 heavy (non-hydrogen) atoms. The van der Waals surface area contributed by atoms with Crippen LogP contribution in [-0.4, -0.2) is 23.5 Å². The number of carbonyl (C=O) groups excluding carboxylic acids is 1. The highest BCUT2D eigenvalue weighted by atomic mass is 16.6. The van der Waals surface area contributed by atoms with Crippen LogP contribution in [0.3, 0.4) is 0 Å². The Morgan fingerprint density at radius 3 is 2.54 bits per heavy atom. The van der Waals surface area contributed by atoms with Crippen LogP contribution in [-0.2, 0) is 4.79 Å². The molecule has 0 fully saturated rings. The fourth-order valence-corrected chi connectivity index (χ4v) is 2.08. The molecule has 2 aromatic carbocycles. The first-order chi connectivity index (χ1) is 11.5. The summed E-state index contributed by atoms with van der Waals surface area (Å²) in [6, 6.07) is 12.6. The van der Waals surface area contributed by atoms with Gasteiger partial charge in [0.1, 0.15) is 11.8 Å². The molecule has 1 amide bonds. The minimum Gasteiger partial charge on any atom is -0.494 e. The molecule has 126 valence electrons. The molecule has 0 aliphatic rings. The van der Waals surface area contributed by atoms with E-state index >= 15 is 0 Å². The number of nitrogens with zero attached hydrogens (tertiary/aromatic N) is 1. The van der Waals surface area contributed by atoms with Crippen molar-refractivity contribution in [3.63, 3.8) is 0 Å². The van der Waals surface area contributed by atoms with E-state index in [0.717, 1.165) is 11.4 Å². The molecule has 0 radical (unpaired) electrons. The van der Waals surface area contributed by atoms with Gasteiger partial charge < -0.3 is 15.4 Å². The van der Waals surface area contributed by atoms with Crippen LogP contribution in [0.2, 0.25) is 0 Å². The van der Waals surface area contributed by atoms with Crippen molar-refractivity contribution in [1.82, 2.24) is 0 Å². The summed E-state index contributed by atoms with van der Waals surface area (Å²) in [5.74, 6) is 0.473. The molecule has 0 bridgehead atoms. The molecule has 2 rings (SSSR count). The predicted octanol–water partition coefficient (Wildman–Crippen LogP) is 3.43. The Morgan fingerprint density at radius 2 is 1.92 bits per heavy atom. The van der Waals surface area contributed by atoms with Crippen molar-refractivity contribution in [2.45, 2.75) is 19.9 Å². The maximum absolute atomic E-state index is 12.2. The van der Waals surface area contributed by atoms with Gasteiger partial charge in [0.2, 0.25) is 5.91 Å². The summed E-state index contributed by atoms with van der Waals surface area (Å²) in [5, 5.41) is 16.5. The second-order valence-corrected chi connectivity index (χ2v) is 5.12.